The molecule has 0 saturated heterocycles. The summed E-state index contributed by atoms with van der Waals surface area (Å²) in [7, 11) is 1.62. The quantitative estimate of drug-likeness (QED) is 0.807. The van der Waals surface area contributed by atoms with Crippen LogP contribution >= 0.6 is 11.6 Å². The highest BCUT2D eigenvalue weighted by atomic mass is 35.5. The number of aromatic nitrogens is 4. The molecule has 0 aliphatic carbocycles. The fourth-order valence-corrected chi connectivity index (χ4v) is 1.69. The van der Waals surface area contributed by atoms with E-state index in [4.69, 9.17) is 16.3 Å². The van der Waals surface area contributed by atoms with Gasteiger partial charge in [0.05, 0.1) is 0 Å². The van der Waals surface area contributed by atoms with Crippen molar-refractivity contribution in [1.29, 1.82) is 0 Å². The first-order valence-electron chi connectivity index (χ1n) is 4.97. The molecular weight excluding hydrogens is 228 g/mol. The Balaban J connectivity index is 2.74. The van der Waals surface area contributed by atoms with Gasteiger partial charge in [-0.25, -0.2) is 0 Å². The minimum atomic E-state index is -0.166. The Morgan fingerprint density at radius 3 is 2.56 bits per heavy atom. The minimum Gasteiger partial charge on any atom is -0.374 e. The van der Waals surface area contributed by atoms with Crippen LogP contribution in [0.25, 0.3) is 5.65 Å². The Labute approximate surface area is 98.4 Å². The SMILES string of the molecule is COC(C)c1nnc2c(C)c(C)c(Cl)nn12. The maximum absolute atomic E-state index is 6.04. The molecule has 0 aromatic carbocycles. The van der Waals surface area contributed by atoms with Crippen molar-refractivity contribution >= 4 is 17.2 Å². The number of methoxy groups -OCH3 is 1. The van der Waals surface area contributed by atoms with Crippen LogP contribution in [0.3, 0.4) is 0 Å². The number of nitrogens with zero attached hydrogens (tertiary/aromatic N) is 4. The first kappa shape index (κ1) is 11.3. The maximum atomic E-state index is 6.04. The second kappa shape index (κ2) is 3.99. The third kappa shape index (κ3) is 1.56. The zero-order chi connectivity index (χ0) is 11.9. The fraction of sp³-hybridized carbons (Fsp3) is 0.500. The van der Waals surface area contributed by atoms with Crippen LogP contribution in [-0.2, 0) is 4.74 Å². The molecule has 1 atom stereocenters. The van der Waals surface area contributed by atoms with E-state index in [9.17, 15) is 0 Å². The van der Waals surface area contributed by atoms with Gasteiger partial charge in [-0.2, -0.15) is 9.61 Å². The normalized spacial score (nSPS) is 13.3. The molecule has 86 valence electrons. The number of hydrogen-bond acceptors (Lipinski definition) is 4. The molecule has 0 aliphatic heterocycles. The van der Waals surface area contributed by atoms with Crippen molar-refractivity contribution in [2.75, 3.05) is 7.11 Å². The molecule has 1 unspecified atom stereocenters. The monoisotopic (exact) mass is 240 g/mol. The van der Waals surface area contributed by atoms with Crippen LogP contribution in [0.2, 0.25) is 5.15 Å². The van der Waals surface area contributed by atoms with Crippen molar-refractivity contribution in [2.45, 2.75) is 26.9 Å². The van der Waals surface area contributed by atoms with Crippen LogP contribution in [0.5, 0.6) is 0 Å². The Bertz CT molecular complexity index is 537. The summed E-state index contributed by atoms with van der Waals surface area (Å²) in [6.45, 7) is 5.76. The highest BCUT2D eigenvalue weighted by molar-refractivity contribution is 6.30. The lowest BCUT2D eigenvalue weighted by molar-refractivity contribution is 0.110. The van der Waals surface area contributed by atoms with E-state index >= 15 is 0 Å². The van der Waals surface area contributed by atoms with E-state index in [1.807, 2.05) is 20.8 Å². The van der Waals surface area contributed by atoms with E-state index in [0.29, 0.717) is 11.0 Å². The van der Waals surface area contributed by atoms with Gasteiger partial charge < -0.3 is 4.74 Å². The van der Waals surface area contributed by atoms with E-state index < -0.39 is 0 Å². The molecule has 2 rings (SSSR count). The first-order valence-corrected chi connectivity index (χ1v) is 5.34. The van der Waals surface area contributed by atoms with Crippen molar-refractivity contribution in [3.05, 3.63) is 22.1 Å². The van der Waals surface area contributed by atoms with Gasteiger partial charge in [-0.3, -0.25) is 0 Å². The zero-order valence-corrected chi connectivity index (χ0v) is 10.4. The van der Waals surface area contributed by atoms with Crippen molar-refractivity contribution in [3.63, 3.8) is 0 Å². The van der Waals surface area contributed by atoms with Crippen LogP contribution in [-0.4, -0.2) is 26.9 Å². The number of halogens is 1. The second-order valence-corrected chi connectivity index (χ2v) is 4.07. The van der Waals surface area contributed by atoms with Crippen LogP contribution < -0.4 is 0 Å². The summed E-state index contributed by atoms with van der Waals surface area (Å²) >= 11 is 6.04. The summed E-state index contributed by atoms with van der Waals surface area (Å²) in [5, 5.41) is 12.9. The van der Waals surface area contributed by atoms with Crippen molar-refractivity contribution < 1.29 is 4.74 Å². The van der Waals surface area contributed by atoms with Gasteiger partial charge in [-0.1, -0.05) is 11.6 Å². The summed E-state index contributed by atoms with van der Waals surface area (Å²) < 4.78 is 6.84. The molecule has 0 spiro atoms. The average Bonchev–Trinajstić information content (AvgIpc) is 2.68. The van der Waals surface area contributed by atoms with E-state index in [-0.39, 0.29) is 6.10 Å². The van der Waals surface area contributed by atoms with Gasteiger partial charge in [0.1, 0.15) is 6.10 Å². The Kier molecular flexibility index (Phi) is 2.82. The van der Waals surface area contributed by atoms with E-state index in [1.54, 1.807) is 11.6 Å². The number of aryl methyl sites for hydroxylation is 1. The van der Waals surface area contributed by atoms with Gasteiger partial charge in [0, 0.05) is 12.7 Å². The summed E-state index contributed by atoms with van der Waals surface area (Å²) in [6, 6.07) is 0. The van der Waals surface area contributed by atoms with Crippen molar-refractivity contribution in [3.8, 4) is 0 Å². The highest BCUT2D eigenvalue weighted by Crippen LogP contribution is 2.22. The minimum absolute atomic E-state index is 0.166. The lowest BCUT2D eigenvalue weighted by atomic mass is 10.2. The molecule has 0 amide bonds. The molecule has 2 heterocycles. The predicted octanol–water partition coefficient (Wildman–Crippen LogP) is 2.10. The molecule has 0 bridgehead atoms. The van der Waals surface area contributed by atoms with Gasteiger partial charge in [-0.15, -0.1) is 10.2 Å². The molecule has 0 saturated carbocycles. The Hall–Kier alpha value is -1.20. The van der Waals surface area contributed by atoms with Gasteiger partial charge in [0.2, 0.25) is 0 Å². The lowest BCUT2D eigenvalue weighted by Gasteiger charge is -2.08. The molecule has 0 aliphatic rings. The number of rotatable bonds is 2. The van der Waals surface area contributed by atoms with Crippen LogP contribution in [0.4, 0.5) is 0 Å². The van der Waals surface area contributed by atoms with Crippen molar-refractivity contribution in [1.82, 2.24) is 19.8 Å². The Morgan fingerprint density at radius 2 is 1.94 bits per heavy atom. The van der Waals surface area contributed by atoms with E-state index in [2.05, 4.69) is 15.3 Å². The summed E-state index contributed by atoms with van der Waals surface area (Å²) in [6.07, 6.45) is -0.166. The largest absolute Gasteiger partial charge is 0.374 e. The van der Waals surface area contributed by atoms with Crippen LogP contribution in [0.15, 0.2) is 0 Å². The standard InChI is InChI=1S/C10H13ClN4O/c1-5-6(2)9-12-13-10(7(3)16-4)15(9)14-8(5)11/h7H,1-4H3. The Morgan fingerprint density at radius 1 is 1.25 bits per heavy atom. The summed E-state index contributed by atoms with van der Waals surface area (Å²) in [5.41, 5.74) is 2.64. The molecule has 0 N–H and O–H groups in total. The van der Waals surface area contributed by atoms with Gasteiger partial charge >= 0.3 is 0 Å². The van der Waals surface area contributed by atoms with Gasteiger partial charge in [0.15, 0.2) is 16.6 Å². The smallest absolute Gasteiger partial charge is 0.183 e. The average molecular weight is 241 g/mol. The maximum Gasteiger partial charge on any atom is 0.183 e. The highest BCUT2D eigenvalue weighted by Gasteiger charge is 2.17. The number of fused-ring (bicyclic) bond motifs is 1. The zero-order valence-electron chi connectivity index (χ0n) is 9.65. The van der Waals surface area contributed by atoms with Crippen LogP contribution in [0, 0.1) is 13.8 Å². The first-order chi connectivity index (χ1) is 7.56. The van der Waals surface area contributed by atoms with E-state index in [1.165, 1.54) is 0 Å². The summed E-state index contributed by atoms with van der Waals surface area (Å²) in [5.74, 6) is 0.655. The third-order valence-corrected chi connectivity index (χ3v) is 3.14. The summed E-state index contributed by atoms with van der Waals surface area (Å²) in [4.78, 5) is 0. The predicted molar refractivity (Wildman–Crippen MR) is 60.7 cm³/mol. The number of hydrogen-bond donors (Lipinski definition) is 0. The van der Waals surface area contributed by atoms with Gasteiger partial charge in [0.25, 0.3) is 0 Å². The number of ether oxygens (including phenoxy) is 1. The van der Waals surface area contributed by atoms with E-state index in [0.717, 1.165) is 16.8 Å². The van der Waals surface area contributed by atoms with Gasteiger partial charge in [-0.05, 0) is 26.3 Å². The molecule has 6 heteroatoms. The molecule has 2 aromatic heterocycles. The molecular formula is C10H13ClN4O. The molecule has 5 nitrogen and oxygen atoms in total. The van der Waals surface area contributed by atoms with Crippen LogP contribution in [0.1, 0.15) is 30.0 Å². The lowest BCUT2D eigenvalue weighted by Crippen LogP contribution is -2.06. The fourth-order valence-electron chi connectivity index (χ4n) is 1.47. The second-order valence-electron chi connectivity index (χ2n) is 3.71. The molecule has 0 fully saturated rings. The topological polar surface area (TPSA) is 52.3 Å². The van der Waals surface area contributed by atoms with Crippen molar-refractivity contribution in [2.24, 2.45) is 0 Å². The third-order valence-electron chi connectivity index (χ3n) is 2.78. The molecule has 0 radical (unpaired) electrons. The molecule has 16 heavy (non-hydrogen) atoms. The molecule has 2 aromatic rings.